The van der Waals surface area contributed by atoms with E-state index in [0.717, 1.165) is 27.6 Å². The quantitative estimate of drug-likeness (QED) is 0.373. The molecule has 0 atom stereocenters. The fraction of sp³-hybridized carbons (Fsp3) is 0.0417. The van der Waals surface area contributed by atoms with E-state index in [9.17, 15) is 0 Å². The van der Waals surface area contributed by atoms with Crippen molar-refractivity contribution >= 4 is 39.3 Å². The van der Waals surface area contributed by atoms with Crippen LogP contribution in [-0.2, 0) is 0 Å². The first-order valence-corrected chi connectivity index (χ1v) is 9.85. The van der Waals surface area contributed by atoms with Crippen molar-refractivity contribution in [2.24, 2.45) is 5.10 Å². The molecular formula is C24H17ClN4O. The molecule has 5 aromatic rings. The number of para-hydroxylation sites is 1. The predicted molar refractivity (Wildman–Crippen MR) is 120 cm³/mol. The Kier molecular flexibility index (Phi) is 4.65. The van der Waals surface area contributed by atoms with Crippen molar-refractivity contribution in [3.63, 3.8) is 0 Å². The maximum Gasteiger partial charge on any atom is 0.157 e. The number of nitrogens with zero attached hydrogens (tertiary/aromatic N) is 3. The van der Waals surface area contributed by atoms with Gasteiger partial charge >= 0.3 is 0 Å². The molecule has 5 nitrogen and oxygen atoms in total. The van der Waals surface area contributed by atoms with Crippen LogP contribution in [0.25, 0.3) is 33.2 Å². The molecule has 5 rings (SSSR count). The summed E-state index contributed by atoms with van der Waals surface area (Å²) in [4.78, 5) is 8.64. The van der Waals surface area contributed by atoms with Gasteiger partial charge in [0.15, 0.2) is 5.82 Å². The number of aromatic nitrogens is 2. The Morgan fingerprint density at radius 2 is 1.73 bits per heavy atom. The molecule has 6 heteroatoms. The van der Waals surface area contributed by atoms with E-state index >= 15 is 0 Å². The summed E-state index contributed by atoms with van der Waals surface area (Å²) in [6, 6.07) is 23.4. The van der Waals surface area contributed by atoms with E-state index in [2.05, 4.69) is 39.6 Å². The van der Waals surface area contributed by atoms with Crippen molar-refractivity contribution in [1.82, 2.24) is 9.97 Å². The molecule has 146 valence electrons. The van der Waals surface area contributed by atoms with Gasteiger partial charge in [0.2, 0.25) is 0 Å². The molecule has 0 fully saturated rings. The Balaban J connectivity index is 1.68. The Bertz CT molecular complexity index is 1440. The van der Waals surface area contributed by atoms with Gasteiger partial charge in [-0.05, 0) is 37.3 Å². The summed E-state index contributed by atoms with van der Waals surface area (Å²) >= 11 is 6.24. The van der Waals surface area contributed by atoms with Crippen LogP contribution in [0.3, 0.4) is 0 Å². The summed E-state index contributed by atoms with van der Waals surface area (Å²) in [6.45, 7) is 2.06. The molecule has 0 bridgehead atoms. The van der Waals surface area contributed by atoms with Crippen LogP contribution in [0.4, 0.5) is 5.82 Å². The maximum absolute atomic E-state index is 6.24. The number of aryl methyl sites for hydroxylation is 1. The van der Waals surface area contributed by atoms with E-state index in [-0.39, 0.29) is 0 Å². The van der Waals surface area contributed by atoms with Crippen LogP contribution in [0.2, 0.25) is 5.02 Å². The second-order valence-electron chi connectivity index (χ2n) is 6.97. The van der Waals surface area contributed by atoms with Crippen LogP contribution in [0.1, 0.15) is 5.56 Å². The lowest BCUT2D eigenvalue weighted by Gasteiger charge is -2.07. The Labute approximate surface area is 177 Å². The number of rotatable bonds is 3. The first-order valence-electron chi connectivity index (χ1n) is 9.47. The minimum atomic E-state index is 0.615. The average molecular weight is 413 g/mol. The molecule has 0 aliphatic heterocycles. The third kappa shape index (κ3) is 3.51. The predicted octanol–water partition coefficient (Wildman–Crippen LogP) is 5.93. The van der Waals surface area contributed by atoms with E-state index in [1.54, 1.807) is 6.07 Å². The van der Waals surface area contributed by atoms with Crippen LogP contribution in [-0.4, -0.2) is 9.97 Å². The number of fused-ring (bicyclic) bond motifs is 2. The molecule has 0 amide bonds. The van der Waals surface area contributed by atoms with Crippen LogP contribution in [0.5, 0.6) is 0 Å². The molecule has 0 spiro atoms. The molecule has 1 N–H and O–H groups in total. The van der Waals surface area contributed by atoms with Gasteiger partial charge in [0.1, 0.15) is 17.7 Å². The van der Waals surface area contributed by atoms with Crippen molar-refractivity contribution in [2.75, 3.05) is 5.43 Å². The zero-order valence-electron chi connectivity index (χ0n) is 16.1. The van der Waals surface area contributed by atoms with Crippen molar-refractivity contribution < 1.29 is 4.42 Å². The Hall–Kier alpha value is -3.70. The molecular weight excluding hydrogens is 396 g/mol. The van der Waals surface area contributed by atoms with E-state index in [0.29, 0.717) is 21.8 Å². The SMILES string of the molecule is Cc1ccc(-c2c/c(=N\Nc3ncnc4ccccc34)c3cc(Cl)ccc3o2)cc1. The van der Waals surface area contributed by atoms with Gasteiger partial charge in [0.25, 0.3) is 0 Å². The molecule has 30 heavy (non-hydrogen) atoms. The molecule has 2 aromatic heterocycles. The molecule has 0 unspecified atom stereocenters. The zero-order chi connectivity index (χ0) is 20.5. The van der Waals surface area contributed by atoms with Gasteiger partial charge in [0, 0.05) is 27.4 Å². The van der Waals surface area contributed by atoms with E-state index in [1.165, 1.54) is 11.9 Å². The minimum absolute atomic E-state index is 0.615. The number of benzene rings is 3. The molecule has 0 saturated carbocycles. The van der Waals surface area contributed by atoms with Crippen LogP contribution in [0, 0.1) is 6.92 Å². The number of anilines is 1. The van der Waals surface area contributed by atoms with E-state index < -0.39 is 0 Å². The van der Waals surface area contributed by atoms with E-state index in [1.807, 2.05) is 54.6 Å². The lowest BCUT2D eigenvalue weighted by atomic mass is 10.1. The van der Waals surface area contributed by atoms with Gasteiger partial charge in [-0.15, -0.1) is 0 Å². The highest BCUT2D eigenvalue weighted by Gasteiger charge is 2.08. The fourth-order valence-electron chi connectivity index (χ4n) is 3.30. The smallest absolute Gasteiger partial charge is 0.157 e. The van der Waals surface area contributed by atoms with Crippen LogP contribution in [0.15, 0.2) is 88.6 Å². The molecule has 3 aromatic carbocycles. The summed E-state index contributed by atoms with van der Waals surface area (Å²) in [5, 5.41) is 7.67. The highest BCUT2D eigenvalue weighted by molar-refractivity contribution is 6.31. The third-order valence-electron chi connectivity index (χ3n) is 4.87. The lowest BCUT2D eigenvalue weighted by Crippen LogP contribution is -2.08. The summed E-state index contributed by atoms with van der Waals surface area (Å²) in [5.41, 5.74) is 6.80. The Morgan fingerprint density at radius 1 is 0.900 bits per heavy atom. The van der Waals surface area contributed by atoms with Gasteiger partial charge in [-0.2, -0.15) is 5.10 Å². The van der Waals surface area contributed by atoms with Crippen LogP contribution >= 0.6 is 11.6 Å². The number of hydrogen-bond donors (Lipinski definition) is 1. The Morgan fingerprint density at radius 3 is 2.60 bits per heavy atom. The van der Waals surface area contributed by atoms with Crippen molar-refractivity contribution in [3.8, 4) is 11.3 Å². The van der Waals surface area contributed by atoms with Crippen molar-refractivity contribution in [3.05, 3.63) is 95.1 Å². The van der Waals surface area contributed by atoms with Gasteiger partial charge in [-0.1, -0.05) is 53.6 Å². The van der Waals surface area contributed by atoms with Gasteiger partial charge < -0.3 is 4.42 Å². The number of halogens is 1. The first-order chi connectivity index (χ1) is 14.7. The van der Waals surface area contributed by atoms with Gasteiger partial charge in [0.05, 0.1) is 10.9 Å². The normalized spacial score (nSPS) is 11.9. The van der Waals surface area contributed by atoms with Crippen LogP contribution < -0.4 is 10.8 Å². The number of hydrogen-bond acceptors (Lipinski definition) is 5. The monoisotopic (exact) mass is 412 g/mol. The first kappa shape index (κ1) is 18.3. The topological polar surface area (TPSA) is 63.3 Å². The molecule has 0 radical (unpaired) electrons. The highest BCUT2D eigenvalue weighted by atomic mass is 35.5. The molecule has 0 aliphatic carbocycles. The highest BCUT2D eigenvalue weighted by Crippen LogP contribution is 2.24. The summed E-state index contributed by atoms with van der Waals surface area (Å²) in [5.74, 6) is 1.35. The summed E-state index contributed by atoms with van der Waals surface area (Å²) in [7, 11) is 0. The zero-order valence-corrected chi connectivity index (χ0v) is 16.9. The second-order valence-corrected chi connectivity index (χ2v) is 7.40. The summed E-state index contributed by atoms with van der Waals surface area (Å²) < 4.78 is 6.13. The van der Waals surface area contributed by atoms with Crippen molar-refractivity contribution in [2.45, 2.75) is 6.92 Å². The third-order valence-corrected chi connectivity index (χ3v) is 5.10. The van der Waals surface area contributed by atoms with Gasteiger partial charge in [-0.25, -0.2) is 9.97 Å². The standard InChI is InChI=1S/C24H17ClN4O/c1-15-6-8-16(9-7-15)23-13-21(19-12-17(25)10-11-22(19)30-23)28-29-24-18-4-2-3-5-20(18)26-14-27-24/h2-14H,1H3,(H,26,27,29)/b28-21+. The molecule has 0 saturated heterocycles. The average Bonchev–Trinajstić information content (AvgIpc) is 2.78. The lowest BCUT2D eigenvalue weighted by molar-refractivity contribution is 0.618. The second kappa shape index (κ2) is 7.61. The summed E-state index contributed by atoms with van der Waals surface area (Å²) in [6.07, 6.45) is 1.52. The van der Waals surface area contributed by atoms with Gasteiger partial charge in [-0.3, -0.25) is 5.43 Å². The molecule has 2 heterocycles. The molecule has 0 aliphatic rings. The van der Waals surface area contributed by atoms with Crippen molar-refractivity contribution in [1.29, 1.82) is 0 Å². The van der Waals surface area contributed by atoms with E-state index in [4.69, 9.17) is 16.0 Å². The fourth-order valence-corrected chi connectivity index (χ4v) is 3.47. The number of nitrogens with one attached hydrogen (secondary N) is 1. The largest absolute Gasteiger partial charge is 0.456 e. The maximum atomic E-state index is 6.24. The minimum Gasteiger partial charge on any atom is -0.456 e.